The van der Waals surface area contributed by atoms with Gasteiger partial charge < -0.3 is 5.73 Å². The Morgan fingerprint density at radius 2 is 2.46 bits per heavy atom. The van der Waals surface area contributed by atoms with Crippen molar-refractivity contribution in [2.75, 3.05) is 0 Å². The summed E-state index contributed by atoms with van der Waals surface area (Å²) in [7, 11) is 0. The molecule has 0 fully saturated rings. The molecule has 0 aromatic carbocycles. The molecule has 1 nitrogen and oxygen atoms in total. The Labute approximate surface area is 97.2 Å². The van der Waals surface area contributed by atoms with E-state index >= 15 is 0 Å². The maximum atomic E-state index is 6.02. The number of hydrogen-bond donors (Lipinski definition) is 1. The molecule has 1 aromatic rings. The van der Waals surface area contributed by atoms with Gasteiger partial charge in [0, 0.05) is 6.04 Å². The van der Waals surface area contributed by atoms with E-state index in [1.807, 2.05) is 6.92 Å². The molecule has 0 saturated carbocycles. The number of allylic oxidation sites excluding steroid dienone is 1. The van der Waals surface area contributed by atoms with Crippen LogP contribution < -0.4 is 5.73 Å². The van der Waals surface area contributed by atoms with Gasteiger partial charge in [-0.1, -0.05) is 5.57 Å². The zero-order chi connectivity index (χ0) is 9.84. The molecule has 0 saturated heterocycles. The van der Waals surface area contributed by atoms with E-state index in [2.05, 4.69) is 40.6 Å². The minimum absolute atomic E-state index is 0.177. The van der Waals surface area contributed by atoms with Crippen molar-refractivity contribution in [1.29, 1.82) is 0 Å². The molecule has 3 heteroatoms. The Balaban J connectivity index is 2.48. The number of rotatable bonds is 4. The molecular formula is C10H14INS. The summed E-state index contributed by atoms with van der Waals surface area (Å²) in [5.41, 5.74) is 8.49. The van der Waals surface area contributed by atoms with Gasteiger partial charge in [0.05, 0.1) is 2.88 Å². The summed E-state index contributed by atoms with van der Waals surface area (Å²) >= 11 is 4.07. The van der Waals surface area contributed by atoms with E-state index in [0.717, 1.165) is 12.8 Å². The molecule has 1 heterocycles. The van der Waals surface area contributed by atoms with E-state index in [1.54, 1.807) is 11.3 Å². The summed E-state index contributed by atoms with van der Waals surface area (Å²) in [5, 5.41) is 2.14. The number of nitrogens with two attached hydrogens (primary N) is 1. The van der Waals surface area contributed by atoms with Crippen molar-refractivity contribution in [2.24, 2.45) is 5.73 Å². The van der Waals surface area contributed by atoms with Crippen LogP contribution in [-0.2, 0) is 0 Å². The second-order valence-electron chi connectivity index (χ2n) is 3.29. The third-order valence-corrected chi connectivity index (χ3v) is 3.71. The van der Waals surface area contributed by atoms with Gasteiger partial charge in [0.2, 0.25) is 0 Å². The van der Waals surface area contributed by atoms with Crippen LogP contribution in [0.5, 0.6) is 0 Å². The third kappa shape index (κ3) is 3.79. The summed E-state index contributed by atoms with van der Waals surface area (Å²) < 4.78 is 1.30. The number of thiophene rings is 1. The number of halogens is 1. The quantitative estimate of drug-likeness (QED) is 0.666. The van der Waals surface area contributed by atoms with E-state index in [1.165, 1.54) is 14.0 Å². The fourth-order valence-electron chi connectivity index (χ4n) is 1.09. The normalized spacial score (nSPS) is 12.8. The van der Waals surface area contributed by atoms with Crippen LogP contribution in [0.4, 0.5) is 0 Å². The van der Waals surface area contributed by atoms with Crippen LogP contribution in [0, 0.1) is 2.88 Å². The molecule has 1 unspecified atom stereocenters. The lowest BCUT2D eigenvalue weighted by Gasteiger charge is -2.08. The Morgan fingerprint density at radius 3 is 2.92 bits per heavy atom. The Morgan fingerprint density at radius 1 is 1.77 bits per heavy atom. The van der Waals surface area contributed by atoms with Crippen LogP contribution in [-0.4, -0.2) is 0 Å². The molecule has 72 valence electrons. The van der Waals surface area contributed by atoms with Crippen LogP contribution in [0.2, 0.25) is 0 Å². The van der Waals surface area contributed by atoms with E-state index in [9.17, 15) is 0 Å². The largest absolute Gasteiger partial charge is 0.324 e. The predicted octanol–water partition coefficient (Wildman–Crippen LogP) is 3.71. The molecule has 0 aliphatic rings. The van der Waals surface area contributed by atoms with Crippen LogP contribution in [0.15, 0.2) is 23.6 Å². The summed E-state index contributed by atoms with van der Waals surface area (Å²) in [6, 6.07) is 2.34. The smallest absolute Gasteiger partial charge is 0.0656 e. The zero-order valence-corrected chi connectivity index (χ0v) is 10.7. The standard InChI is InChI=1S/C10H14INS/c1-7(2)3-4-9(12)8-5-10(11)13-6-8/h5-6,9H,1,3-4,12H2,2H3. The first kappa shape index (κ1) is 11.2. The monoisotopic (exact) mass is 307 g/mol. The predicted molar refractivity (Wildman–Crippen MR) is 68.0 cm³/mol. The van der Waals surface area contributed by atoms with Crippen LogP contribution in [0.1, 0.15) is 31.4 Å². The Bertz CT molecular complexity index is 293. The highest BCUT2D eigenvalue weighted by molar-refractivity contribution is 14.1. The maximum Gasteiger partial charge on any atom is 0.0656 e. The van der Waals surface area contributed by atoms with Gasteiger partial charge in [-0.05, 0) is 59.4 Å². The second-order valence-corrected chi connectivity index (χ2v) is 6.09. The van der Waals surface area contributed by atoms with Gasteiger partial charge in [0.15, 0.2) is 0 Å². The molecule has 2 N–H and O–H groups in total. The molecule has 0 aliphatic heterocycles. The van der Waals surface area contributed by atoms with Crippen molar-refractivity contribution in [3.8, 4) is 0 Å². The summed E-state index contributed by atoms with van der Waals surface area (Å²) in [5.74, 6) is 0. The molecule has 13 heavy (non-hydrogen) atoms. The third-order valence-electron chi connectivity index (χ3n) is 1.90. The van der Waals surface area contributed by atoms with Crippen molar-refractivity contribution >= 4 is 33.9 Å². The molecule has 0 amide bonds. The van der Waals surface area contributed by atoms with Crippen molar-refractivity contribution in [3.63, 3.8) is 0 Å². The van der Waals surface area contributed by atoms with E-state index in [4.69, 9.17) is 5.73 Å². The second kappa shape index (κ2) is 5.12. The number of hydrogen-bond acceptors (Lipinski definition) is 2. The molecule has 1 atom stereocenters. The van der Waals surface area contributed by atoms with Gasteiger partial charge in [-0.2, -0.15) is 0 Å². The van der Waals surface area contributed by atoms with E-state index in [-0.39, 0.29) is 6.04 Å². The van der Waals surface area contributed by atoms with Crippen molar-refractivity contribution in [2.45, 2.75) is 25.8 Å². The fraction of sp³-hybridized carbons (Fsp3) is 0.400. The molecule has 1 aromatic heterocycles. The minimum atomic E-state index is 0.177. The summed E-state index contributed by atoms with van der Waals surface area (Å²) in [4.78, 5) is 0. The van der Waals surface area contributed by atoms with Gasteiger partial charge in [0.25, 0.3) is 0 Å². The molecule has 0 aliphatic carbocycles. The highest BCUT2D eigenvalue weighted by Crippen LogP contribution is 2.24. The van der Waals surface area contributed by atoms with E-state index in [0.29, 0.717) is 0 Å². The van der Waals surface area contributed by atoms with Crippen LogP contribution >= 0.6 is 33.9 Å². The summed E-state index contributed by atoms with van der Waals surface area (Å²) in [6.45, 7) is 5.92. The average molecular weight is 307 g/mol. The molecule has 1 rings (SSSR count). The maximum absolute atomic E-state index is 6.02. The SMILES string of the molecule is C=C(C)CCC(N)c1csc(I)c1. The summed E-state index contributed by atoms with van der Waals surface area (Å²) in [6.07, 6.45) is 2.02. The highest BCUT2D eigenvalue weighted by atomic mass is 127. The van der Waals surface area contributed by atoms with Gasteiger partial charge >= 0.3 is 0 Å². The van der Waals surface area contributed by atoms with E-state index < -0.39 is 0 Å². The average Bonchev–Trinajstić information content (AvgIpc) is 2.47. The lowest BCUT2D eigenvalue weighted by molar-refractivity contribution is 0.651. The fourth-order valence-corrected chi connectivity index (χ4v) is 2.52. The van der Waals surface area contributed by atoms with Gasteiger partial charge in [-0.3, -0.25) is 0 Å². The lowest BCUT2D eigenvalue weighted by Crippen LogP contribution is -2.08. The van der Waals surface area contributed by atoms with Gasteiger partial charge in [0.1, 0.15) is 0 Å². The molecule has 0 spiro atoms. The first-order valence-corrected chi connectivity index (χ1v) is 6.19. The Hall–Kier alpha value is 0.130. The van der Waals surface area contributed by atoms with Gasteiger partial charge in [-0.15, -0.1) is 17.9 Å². The molecule has 0 bridgehead atoms. The topological polar surface area (TPSA) is 26.0 Å². The van der Waals surface area contributed by atoms with Crippen molar-refractivity contribution < 1.29 is 0 Å². The van der Waals surface area contributed by atoms with Crippen molar-refractivity contribution in [1.82, 2.24) is 0 Å². The van der Waals surface area contributed by atoms with Gasteiger partial charge in [-0.25, -0.2) is 0 Å². The van der Waals surface area contributed by atoms with Crippen LogP contribution in [0.3, 0.4) is 0 Å². The minimum Gasteiger partial charge on any atom is -0.324 e. The first-order chi connectivity index (χ1) is 6.09. The first-order valence-electron chi connectivity index (χ1n) is 4.23. The van der Waals surface area contributed by atoms with Crippen LogP contribution in [0.25, 0.3) is 0 Å². The van der Waals surface area contributed by atoms with Crippen molar-refractivity contribution in [3.05, 3.63) is 32.0 Å². The lowest BCUT2D eigenvalue weighted by atomic mass is 10.0. The highest BCUT2D eigenvalue weighted by Gasteiger charge is 2.07. The molecule has 0 radical (unpaired) electrons. The Kier molecular flexibility index (Phi) is 4.41. The zero-order valence-electron chi connectivity index (χ0n) is 7.72. The molecular weight excluding hydrogens is 293 g/mol.